The molecule has 21 heavy (non-hydrogen) atoms. The van der Waals surface area contributed by atoms with E-state index in [9.17, 15) is 0 Å². The molecule has 1 rings (SSSR count). The Morgan fingerprint density at radius 3 is 2.43 bits per heavy atom. The molecule has 1 heterocycles. The Hall–Kier alpha value is -0.370. The van der Waals surface area contributed by atoms with Gasteiger partial charge in [-0.15, -0.1) is 35.3 Å². The Balaban J connectivity index is 0.00000400. The summed E-state index contributed by atoms with van der Waals surface area (Å²) in [5.41, 5.74) is 1.15. The van der Waals surface area contributed by atoms with Gasteiger partial charge in [0.1, 0.15) is 0 Å². The number of hydrogen-bond donors (Lipinski definition) is 2. The number of nitrogens with zero attached hydrogens (tertiary/aromatic N) is 2. The molecule has 0 saturated carbocycles. The van der Waals surface area contributed by atoms with Gasteiger partial charge in [0.25, 0.3) is 0 Å². The normalized spacial score (nSPS) is 11.4. The molecule has 6 heteroatoms. The van der Waals surface area contributed by atoms with Gasteiger partial charge in [0.15, 0.2) is 5.96 Å². The number of aliphatic imine (C=N–C) groups is 1. The molecule has 0 fully saturated rings. The molecule has 0 aliphatic heterocycles. The molecule has 0 bridgehead atoms. The summed E-state index contributed by atoms with van der Waals surface area (Å²) in [5, 5.41) is 7.89. The lowest BCUT2D eigenvalue weighted by Crippen LogP contribution is -2.38. The highest BCUT2D eigenvalue weighted by Gasteiger charge is 2.04. The van der Waals surface area contributed by atoms with E-state index < -0.39 is 0 Å². The lowest BCUT2D eigenvalue weighted by molar-refractivity contribution is 0.549. The third-order valence-electron chi connectivity index (χ3n) is 3.18. The van der Waals surface area contributed by atoms with Crippen molar-refractivity contribution < 1.29 is 0 Å². The van der Waals surface area contributed by atoms with Crippen molar-refractivity contribution in [2.75, 3.05) is 20.1 Å². The average molecular weight is 424 g/mol. The molecule has 1 aromatic rings. The van der Waals surface area contributed by atoms with Crippen LogP contribution in [0.1, 0.15) is 42.3 Å². The average Bonchev–Trinajstić information content (AvgIpc) is 2.71. The number of halogens is 1. The summed E-state index contributed by atoms with van der Waals surface area (Å²) in [6.45, 7) is 10.6. The fraction of sp³-hybridized carbons (Fsp3) is 0.733. The molecule has 0 aliphatic carbocycles. The summed E-state index contributed by atoms with van der Waals surface area (Å²) in [7, 11) is 1.81. The predicted octanol–water partition coefficient (Wildman–Crippen LogP) is 3.52. The summed E-state index contributed by atoms with van der Waals surface area (Å²) in [6, 6.07) is 0. The molecule has 0 saturated heterocycles. The van der Waals surface area contributed by atoms with E-state index in [0.717, 1.165) is 37.1 Å². The summed E-state index contributed by atoms with van der Waals surface area (Å²) in [4.78, 5) is 10.1. The zero-order chi connectivity index (χ0) is 15.0. The molecule has 122 valence electrons. The Bertz CT molecular complexity index is 410. The SMILES string of the molecule is CN=C(NCCCC(C)C)NCCc1nc(C)c(C)s1.I. The van der Waals surface area contributed by atoms with Gasteiger partial charge in [-0.3, -0.25) is 4.99 Å². The largest absolute Gasteiger partial charge is 0.356 e. The van der Waals surface area contributed by atoms with Gasteiger partial charge in [-0.25, -0.2) is 4.98 Å². The fourth-order valence-corrected chi connectivity index (χ4v) is 2.81. The molecule has 0 aliphatic rings. The van der Waals surface area contributed by atoms with E-state index in [0.29, 0.717) is 0 Å². The van der Waals surface area contributed by atoms with Crippen molar-refractivity contribution in [3.63, 3.8) is 0 Å². The van der Waals surface area contributed by atoms with Crippen LogP contribution in [0.3, 0.4) is 0 Å². The van der Waals surface area contributed by atoms with E-state index >= 15 is 0 Å². The number of aryl methyl sites for hydroxylation is 2. The molecule has 4 nitrogen and oxygen atoms in total. The number of aromatic nitrogens is 1. The molecule has 2 N–H and O–H groups in total. The second-order valence-electron chi connectivity index (χ2n) is 5.46. The van der Waals surface area contributed by atoms with Crippen LogP contribution in [0.5, 0.6) is 0 Å². The van der Waals surface area contributed by atoms with Crippen LogP contribution in [-0.2, 0) is 6.42 Å². The van der Waals surface area contributed by atoms with Crippen LogP contribution in [0.15, 0.2) is 4.99 Å². The second kappa shape index (κ2) is 11.2. The highest BCUT2D eigenvalue weighted by molar-refractivity contribution is 14.0. The van der Waals surface area contributed by atoms with Gasteiger partial charge >= 0.3 is 0 Å². The van der Waals surface area contributed by atoms with Crippen LogP contribution < -0.4 is 10.6 Å². The molecular weight excluding hydrogens is 395 g/mol. The first-order chi connectivity index (χ1) is 9.52. The van der Waals surface area contributed by atoms with Crippen molar-refractivity contribution in [2.45, 2.75) is 47.0 Å². The maximum Gasteiger partial charge on any atom is 0.190 e. The number of guanidine groups is 1. The smallest absolute Gasteiger partial charge is 0.190 e. The second-order valence-corrected chi connectivity index (χ2v) is 6.75. The van der Waals surface area contributed by atoms with E-state index in [1.807, 2.05) is 7.05 Å². The van der Waals surface area contributed by atoms with E-state index in [2.05, 4.69) is 48.3 Å². The lowest BCUT2D eigenvalue weighted by atomic mass is 10.1. The van der Waals surface area contributed by atoms with Crippen molar-refractivity contribution in [2.24, 2.45) is 10.9 Å². The first kappa shape index (κ1) is 20.6. The quantitative estimate of drug-likeness (QED) is 0.305. The van der Waals surface area contributed by atoms with Crippen molar-refractivity contribution in [1.29, 1.82) is 0 Å². The monoisotopic (exact) mass is 424 g/mol. The molecule has 0 atom stereocenters. The maximum atomic E-state index is 4.55. The number of thiazole rings is 1. The van der Waals surface area contributed by atoms with Gasteiger partial charge in [-0.2, -0.15) is 0 Å². The molecule has 1 aromatic heterocycles. The van der Waals surface area contributed by atoms with Crippen molar-refractivity contribution in [3.05, 3.63) is 15.6 Å². The highest BCUT2D eigenvalue weighted by atomic mass is 127. The zero-order valence-electron chi connectivity index (χ0n) is 13.8. The topological polar surface area (TPSA) is 49.3 Å². The minimum Gasteiger partial charge on any atom is -0.356 e. The summed E-state index contributed by atoms with van der Waals surface area (Å²) in [5.74, 6) is 1.65. The molecule has 0 aromatic carbocycles. The number of rotatable bonds is 7. The lowest BCUT2D eigenvalue weighted by Gasteiger charge is -2.11. The third-order valence-corrected chi connectivity index (χ3v) is 4.31. The molecule has 0 unspecified atom stereocenters. The van der Waals surface area contributed by atoms with Crippen molar-refractivity contribution >= 4 is 41.3 Å². The Morgan fingerprint density at radius 2 is 1.90 bits per heavy atom. The van der Waals surface area contributed by atoms with Gasteiger partial charge in [0.05, 0.1) is 10.7 Å². The molecule has 0 spiro atoms. The molecular formula is C15H29IN4S. The minimum atomic E-state index is 0. The fourth-order valence-electron chi connectivity index (χ4n) is 1.87. The number of nitrogens with one attached hydrogen (secondary N) is 2. The van der Waals surface area contributed by atoms with Crippen LogP contribution >= 0.6 is 35.3 Å². The van der Waals surface area contributed by atoms with Gasteiger partial charge in [0.2, 0.25) is 0 Å². The van der Waals surface area contributed by atoms with Crippen LogP contribution in [0, 0.1) is 19.8 Å². The van der Waals surface area contributed by atoms with Crippen LogP contribution in [0.2, 0.25) is 0 Å². The number of hydrogen-bond acceptors (Lipinski definition) is 3. The zero-order valence-corrected chi connectivity index (χ0v) is 17.0. The van der Waals surface area contributed by atoms with Crippen molar-refractivity contribution in [3.8, 4) is 0 Å². The first-order valence-electron chi connectivity index (χ1n) is 7.40. The van der Waals surface area contributed by atoms with Crippen LogP contribution in [0.25, 0.3) is 0 Å². The standard InChI is InChI=1S/C15H28N4S.HI/c1-11(2)7-6-9-17-15(16-5)18-10-8-14-19-12(3)13(4)20-14;/h11H,6-10H2,1-5H3,(H2,16,17,18);1H. The maximum absolute atomic E-state index is 4.55. The predicted molar refractivity (Wildman–Crippen MR) is 104 cm³/mol. The van der Waals surface area contributed by atoms with Crippen LogP contribution in [-0.4, -0.2) is 31.1 Å². The van der Waals surface area contributed by atoms with E-state index in [1.165, 1.54) is 22.7 Å². The third kappa shape index (κ3) is 8.60. The summed E-state index contributed by atoms with van der Waals surface area (Å²) < 4.78 is 0. The molecule has 0 amide bonds. The van der Waals surface area contributed by atoms with Gasteiger partial charge in [0, 0.05) is 31.4 Å². The summed E-state index contributed by atoms with van der Waals surface area (Å²) in [6.07, 6.45) is 3.39. The van der Waals surface area contributed by atoms with Crippen molar-refractivity contribution in [1.82, 2.24) is 15.6 Å². The van der Waals surface area contributed by atoms with E-state index in [-0.39, 0.29) is 24.0 Å². The van der Waals surface area contributed by atoms with Gasteiger partial charge < -0.3 is 10.6 Å². The minimum absolute atomic E-state index is 0. The Labute approximate surface area is 150 Å². The Kier molecular flexibility index (Phi) is 11.0. The Morgan fingerprint density at radius 1 is 1.24 bits per heavy atom. The summed E-state index contributed by atoms with van der Waals surface area (Å²) >= 11 is 1.79. The molecule has 0 radical (unpaired) electrons. The highest BCUT2D eigenvalue weighted by Crippen LogP contribution is 2.16. The van der Waals surface area contributed by atoms with Crippen LogP contribution in [0.4, 0.5) is 0 Å². The van der Waals surface area contributed by atoms with E-state index in [1.54, 1.807) is 11.3 Å². The van der Waals surface area contributed by atoms with Gasteiger partial charge in [-0.05, 0) is 32.6 Å². The first-order valence-corrected chi connectivity index (χ1v) is 8.22. The van der Waals surface area contributed by atoms with E-state index in [4.69, 9.17) is 0 Å². The van der Waals surface area contributed by atoms with Gasteiger partial charge in [-0.1, -0.05) is 13.8 Å².